The fourth-order valence-corrected chi connectivity index (χ4v) is 4.03. The zero-order valence-corrected chi connectivity index (χ0v) is 13.5. The highest BCUT2D eigenvalue weighted by molar-refractivity contribution is 6.30. The van der Waals surface area contributed by atoms with Crippen LogP contribution in [0.2, 0.25) is 5.02 Å². The van der Waals surface area contributed by atoms with Gasteiger partial charge < -0.3 is 10.6 Å². The number of fused-ring (bicyclic) bond motifs is 1. The van der Waals surface area contributed by atoms with Crippen LogP contribution in [0.25, 0.3) is 11.1 Å². The van der Waals surface area contributed by atoms with Crippen LogP contribution in [0.1, 0.15) is 16.8 Å². The number of nitrogens with two attached hydrogens (primary N) is 1. The van der Waals surface area contributed by atoms with Crippen molar-refractivity contribution in [3.8, 4) is 11.1 Å². The lowest BCUT2D eigenvalue weighted by Gasteiger charge is -2.27. The summed E-state index contributed by atoms with van der Waals surface area (Å²) in [4.78, 5) is 15.1. The maximum atomic E-state index is 13.1. The van der Waals surface area contributed by atoms with Gasteiger partial charge in [0.05, 0.1) is 0 Å². The molecule has 23 heavy (non-hydrogen) atoms. The second-order valence-corrected chi connectivity index (χ2v) is 6.91. The number of hydrogen-bond acceptors (Lipinski definition) is 2. The van der Waals surface area contributed by atoms with E-state index in [9.17, 15) is 4.79 Å². The maximum Gasteiger partial charge on any atom is 0.254 e. The molecule has 0 bridgehead atoms. The molecule has 1 saturated carbocycles. The predicted molar refractivity (Wildman–Crippen MR) is 92.4 cm³/mol. The molecular formula is C19H19ClN2O. The van der Waals surface area contributed by atoms with Crippen LogP contribution in [0, 0.1) is 11.8 Å². The van der Waals surface area contributed by atoms with Crippen LogP contribution in [-0.4, -0.2) is 29.9 Å². The summed E-state index contributed by atoms with van der Waals surface area (Å²) < 4.78 is 0. The first-order valence-electron chi connectivity index (χ1n) is 8.05. The molecule has 118 valence electrons. The molecule has 3 nitrogen and oxygen atoms in total. The molecule has 2 fully saturated rings. The van der Waals surface area contributed by atoms with Crippen LogP contribution in [-0.2, 0) is 0 Å². The first-order chi connectivity index (χ1) is 11.2. The Kier molecular flexibility index (Phi) is 3.63. The molecule has 2 aromatic carbocycles. The average molecular weight is 327 g/mol. The van der Waals surface area contributed by atoms with Gasteiger partial charge in [0.25, 0.3) is 5.91 Å². The van der Waals surface area contributed by atoms with Gasteiger partial charge >= 0.3 is 0 Å². The molecule has 2 aromatic rings. The van der Waals surface area contributed by atoms with Crippen LogP contribution >= 0.6 is 11.6 Å². The Labute approximate surface area is 141 Å². The van der Waals surface area contributed by atoms with E-state index in [1.54, 1.807) is 0 Å². The number of carbonyl (C=O) groups is 1. The average Bonchev–Trinajstić information content (AvgIpc) is 3.25. The molecule has 1 aliphatic heterocycles. The van der Waals surface area contributed by atoms with Crippen LogP contribution in [0.4, 0.5) is 0 Å². The lowest BCUT2D eigenvalue weighted by Crippen LogP contribution is -2.42. The number of likely N-dealkylation sites (tertiary alicyclic amines) is 1. The Hall–Kier alpha value is -1.84. The molecule has 4 heteroatoms. The first kappa shape index (κ1) is 14.7. The first-order valence-corrected chi connectivity index (χ1v) is 8.43. The van der Waals surface area contributed by atoms with Crippen molar-refractivity contribution in [2.45, 2.75) is 12.5 Å². The van der Waals surface area contributed by atoms with Crippen LogP contribution in [0.15, 0.2) is 48.5 Å². The molecule has 0 radical (unpaired) electrons. The van der Waals surface area contributed by atoms with Gasteiger partial charge in [-0.05, 0) is 47.6 Å². The summed E-state index contributed by atoms with van der Waals surface area (Å²) in [5.74, 6) is 1.36. The SMILES string of the molecule is NC[C@@H]1[C@@H]2C[C@@H]2CN1C(=O)c1ccccc1-c1cccc(Cl)c1. The quantitative estimate of drug-likeness (QED) is 0.939. The minimum Gasteiger partial charge on any atom is -0.334 e. The normalized spacial score (nSPS) is 25.3. The van der Waals surface area contributed by atoms with Crippen molar-refractivity contribution in [1.29, 1.82) is 0 Å². The molecule has 1 saturated heterocycles. The third kappa shape index (κ3) is 2.54. The van der Waals surface area contributed by atoms with Gasteiger partial charge in [0, 0.05) is 29.7 Å². The summed E-state index contributed by atoms with van der Waals surface area (Å²) in [6, 6.07) is 15.6. The minimum atomic E-state index is 0.0863. The van der Waals surface area contributed by atoms with E-state index in [-0.39, 0.29) is 11.9 Å². The third-order valence-corrected chi connectivity index (χ3v) is 5.33. The largest absolute Gasteiger partial charge is 0.334 e. The van der Waals surface area contributed by atoms with E-state index in [1.165, 1.54) is 6.42 Å². The summed E-state index contributed by atoms with van der Waals surface area (Å²) in [6.07, 6.45) is 1.22. The molecule has 2 N–H and O–H groups in total. The van der Waals surface area contributed by atoms with Gasteiger partial charge in [-0.3, -0.25) is 4.79 Å². The highest BCUT2D eigenvalue weighted by Crippen LogP contribution is 2.49. The van der Waals surface area contributed by atoms with E-state index in [4.69, 9.17) is 17.3 Å². The molecule has 0 unspecified atom stereocenters. The fourth-order valence-electron chi connectivity index (χ4n) is 3.84. The van der Waals surface area contributed by atoms with Crippen molar-refractivity contribution in [3.05, 3.63) is 59.1 Å². The van der Waals surface area contributed by atoms with Gasteiger partial charge in [-0.1, -0.05) is 41.9 Å². The molecule has 0 spiro atoms. The number of piperidine rings is 1. The highest BCUT2D eigenvalue weighted by atomic mass is 35.5. The Balaban J connectivity index is 1.71. The Morgan fingerprint density at radius 3 is 2.83 bits per heavy atom. The van der Waals surface area contributed by atoms with Gasteiger partial charge in [0.2, 0.25) is 0 Å². The van der Waals surface area contributed by atoms with Gasteiger partial charge in [0.15, 0.2) is 0 Å². The number of nitrogens with zero attached hydrogens (tertiary/aromatic N) is 1. The summed E-state index contributed by atoms with van der Waals surface area (Å²) in [5, 5.41) is 0.673. The van der Waals surface area contributed by atoms with Crippen LogP contribution in [0.3, 0.4) is 0 Å². The van der Waals surface area contributed by atoms with Crippen molar-refractivity contribution in [2.75, 3.05) is 13.1 Å². The van der Waals surface area contributed by atoms with Gasteiger partial charge in [0.1, 0.15) is 0 Å². The number of hydrogen-bond donors (Lipinski definition) is 1. The smallest absolute Gasteiger partial charge is 0.254 e. The Bertz CT molecular complexity index is 761. The van der Waals surface area contributed by atoms with Gasteiger partial charge in [-0.25, -0.2) is 0 Å². The molecular weight excluding hydrogens is 308 g/mol. The summed E-state index contributed by atoms with van der Waals surface area (Å²) in [7, 11) is 0. The Morgan fingerprint density at radius 2 is 2.04 bits per heavy atom. The van der Waals surface area contributed by atoms with E-state index < -0.39 is 0 Å². The molecule has 0 aromatic heterocycles. The van der Waals surface area contributed by atoms with Crippen LogP contribution in [0.5, 0.6) is 0 Å². The number of carbonyl (C=O) groups excluding carboxylic acids is 1. The van der Waals surface area contributed by atoms with E-state index >= 15 is 0 Å². The summed E-state index contributed by atoms with van der Waals surface area (Å²) >= 11 is 6.11. The van der Waals surface area contributed by atoms with E-state index in [1.807, 2.05) is 53.4 Å². The second kappa shape index (κ2) is 5.66. The van der Waals surface area contributed by atoms with E-state index in [0.717, 1.165) is 23.2 Å². The van der Waals surface area contributed by atoms with Crippen molar-refractivity contribution >= 4 is 17.5 Å². The second-order valence-electron chi connectivity index (χ2n) is 6.48. The lowest BCUT2D eigenvalue weighted by molar-refractivity contribution is 0.0713. The topological polar surface area (TPSA) is 46.3 Å². The number of rotatable bonds is 3. The summed E-state index contributed by atoms with van der Waals surface area (Å²) in [5.41, 5.74) is 8.54. The molecule has 3 atom stereocenters. The lowest BCUT2D eigenvalue weighted by atomic mass is 9.98. The molecule has 1 aliphatic carbocycles. The van der Waals surface area contributed by atoms with Crippen molar-refractivity contribution in [3.63, 3.8) is 0 Å². The van der Waals surface area contributed by atoms with Crippen LogP contribution < -0.4 is 5.73 Å². The summed E-state index contributed by atoms with van der Waals surface area (Å²) in [6.45, 7) is 1.39. The zero-order valence-electron chi connectivity index (χ0n) is 12.8. The minimum absolute atomic E-state index is 0.0863. The highest BCUT2D eigenvalue weighted by Gasteiger charge is 2.53. The molecule has 1 heterocycles. The van der Waals surface area contributed by atoms with Gasteiger partial charge in [-0.15, -0.1) is 0 Å². The Morgan fingerprint density at radius 1 is 1.22 bits per heavy atom. The van der Waals surface area contributed by atoms with Gasteiger partial charge in [-0.2, -0.15) is 0 Å². The maximum absolute atomic E-state index is 13.1. The number of amides is 1. The fraction of sp³-hybridized carbons (Fsp3) is 0.316. The zero-order chi connectivity index (χ0) is 16.0. The molecule has 2 aliphatic rings. The van der Waals surface area contributed by atoms with Crippen molar-refractivity contribution in [2.24, 2.45) is 17.6 Å². The van der Waals surface area contributed by atoms with E-state index in [2.05, 4.69) is 0 Å². The molecule has 1 amide bonds. The third-order valence-electron chi connectivity index (χ3n) is 5.10. The number of benzene rings is 2. The number of halogens is 1. The predicted octanol–water partition coefficient (Wildman–Crippen LogP) is 3.43. The monoisotopic (exact) mass is 326 g/mol. The molecule has 4 rings (SSSR count). The standard InChI is InChI=1S/C19H19ClN2O/c20-14-5-3-4-12(8-14)15-6-1-2-7-16(15)19(23)22-11-13-9-17(13)18(22)10-21/h1-8,13,17-18H,9-11,21H2/t13-,17-,18-/m1/s1. The van der Waals surface area contributed by atoms with Crippen molar-refractivity contribution < 1.29 is 4.79 Å². The van der Waals surface area contributed by atoms with Crippen molar-refractivity contribution in [1.82, 2.24) is 4.90 Å². The van der Waals surface area contributed by atoms with E-state index in [0.29, 0.717) is 23.4 Å².